The van der Waals surface area contributed by atoms with Gasteiger partial charge in [-0.1, -0.05) is 31.5 Å². The molecular formula is C29H35N5O4. The topological polar surface area (TPSA) is 118 Å². The van der Waals surface area contributed by atoms with Gasteiger partial charge in [-0.05, 0) is 80.5 Å². The molecule has 2 heterocycles. The van der Waals surface area contributed by atoms with Gasteiger partial charge < -0.3 is 15.1 Å². The summed E-state index contributed by atoms with van der Waals surface area (Å²) in [6.07, 6.45) is 2.78. The van der Waals surface area contributed by atoms with Crippen molar-refractivity contribution in [1.82, 2.24) is 4.90 Å². The highest BCUT2D eigenvalue weighted by Crippen LogP contribution is 2.42. The Labute approximate surface area is 222 Å². The number of amides is 1. The standard InChI is InChI=1S/C29H35N5O4/c1-4-33-15-21(16-33)27-30-26(28(36)34(27)22-12-11-17(2)18(3)13-22)32-31-24-10-6-9-23(25(24)35)19-7-5-8-20(14-19)29(37)38/h6,9-13,19-21,31,35H,4-5,7-8,14-16H2,1-3H3,(H,37,38)/b32-26+. The number of benzene rings is 2. The summed E-state index contributed by atoms with van der Waals surface area (Å²) in [4.78, 5) is 33.7. The Morgan fingerprint density at radius 2 is 1.92 bits per heavy atom. The molecule has 1 saturated carbocycles. The van der Waals surface area contributed by atoms with E-state index in [1.54, 1.807) is 11.0 Å². The largest absolute Gasteiger partial charge is 0.505 e. The number of carboxylic acids is 1. The predicted octanol–water partition coefficient (Wildman–Crippen LogP) is 4.49. The molecule has 0 spiro atoms. The van der Waals surface area contributed by atoms with E-state index in [2.05, 4.69) is 27.3 Å². The van der Waals surface area contributed by atoms with Crippen molar-refractivity contribution in [2.45, 2.75) is 52.4 Å². The zero-order valence-electron chi connectivity index (χ0n) is 22.1. The average Bonchev–Trinajstić information content (AvgIpc) is 3.20. The van der Waals surface area contributed by atoms with Gasteiger partial charge >= 0.3 is 11.9 Å². The maximum Gasteiger partial charge on any atom is 0.306 e. The van der Waals surface area contributed by atoms with Crippen LogP contribution in [0.4, 0.5) is 11.4 Å². The fraction of sp³-hybridized carbons (Fsp3) is 0.448. The molecule has 2 aromatic rings. The van der Waals surface area contributed by atoms with Gasteiger partial charge in [0.2, 0.25) is 5.84 Å². The van der Waals surface area contributed by atoms with E-state index in [-0.39, 0.29) is 29.3 Å². The van der Waals surface area contributed by atoms with Gasteiger partial charge in [-0.15, -0.1) is 5.10 Å². The highest BCUT2D eigenvalue weighted by Gasteiger charge is 2.41. The van der Waals surface area contributed by atoms with Crippen molar-refractivity contribution in [3.63, 3.8) is 0 Å². The number of para-hydroxylation sites is 1. The summed E-state index contributed by atoms with van der Waals surface area (Å²) >= 11 is 0. The second-order valence-corrected chi connectivity index (χ2v) is 10.6. The first kappa shape index (κ1) is 25.9. The van der Waals surface area contributed by atoms with Gasteiger partial charge in [0.25, 0.3) is 0 Å². The molecule has 0 radical (unpaired) electrons. The van der Waals surface area contributed by atoms with Gasteiger partial charge in [-0.25, -0.2) is 4.99 Å². The van der Waals surface area contributed by atoms with Crippen LogP contribution in [0, 0.1) is 25.7 Å². The number of carbonyl (C=O) groups is 2. The summed E-state index contributed by atoms with van der Waals surface area (Å²) in [7, 11) is 0. The highest BCUT2D eigenvalue weighted by atomic mass is 16.4. The van der Waals surface area contributed by atoms with Crippen LogP contribution in [0.3, 0.4) is 0 Å². The number of nitrogens with one attached hydrogen (secondary N) is 1. The van der Waals surface area contributed by atoms with E-state index >= 15 is 0 Å². The van der Waals surface area contributed by atoms with Crippen LogP contribution in [-0.4, -0.2) is 58.3 Å². The molecule has 9 nitrogen and oxygen atoms in total. The molecule has 3 aliphatic rings. The Balaban J connectivity index is 1.40. The van der Waals surface area contributed by atoms with Gasteiger partial charge in [-0.2, -0.15) is 0 Å². The van der Waals surface area contributed by atoms with Gasteiger partial charge in [0.1, 0.15) is 11.6 Å². The van der Waals surface area contributed by atoms with Crippen molar-refractivity contribution in [1.29, 1.82) is 0 Å². The van der Waals surface area contributed by atoms with E-state index < -0.39 is 11.9 Å². The van der Waals surface area contributed by atoms with Gasteiger partial charge in [0, 0.05) is 19.0 Å². The number of aliphatic carboxylic acids is 1. The molecule has 2 unspecified atom stereocenters. The number of nitrogens with zero attached hydrogens (tertiary/aromatic N) is 4. The number of hydrazone groups is 1. The number of rotatable bonds is 7. The molecule has 5 rings (SSSR count). The van der Waals surface area contributed by atoms with Crippen molar-refractivity contribution in [3.05, 3.63) is 53.1 Å². The Morgan fingerprint density at radius 3 is 2.63 bits per heavy atom. The van der Waals surface area contributed by atoms with Crippen molar-refractivity contribution in [2.24, 2.45) is 21.9 Å². The number of phenolic OH excluding ortho intramolecular Hbond substituents is 1. The number of aromatic hydroxyl groups is 1. The lowest BCUT2D eigenvalue weighted by atomic mass is 9.77. The summed E-state index contributed by atoms with van der Waals surface area (Å²) < 4.78 is 0. The molecule has 2 fully saturated rings. The number of anilines is 2. The number of phenols is 1. The summed E-state index contributed by atoms with van der Waals surface area (Å²) in [5.41, 5.74) is 6.95. The second kappa shape index (κ2) is 10.6. The monoisotopic (exact) mass is 517 g/mol. The highest BCUT2D eigenvalue weighted by molar-refractivity contribution is 6.54. The smallest absolute Gasteiger partial charge is 0.306 e. The number of hydrogen-bond acceptors (Lipinski definition) is 6. The summed E-state index contributed by atoms with van der Waals surface area (Å²) in [5, 5.41) is 24.8. The van der Waals surface area contributed by atoms with Crippen LogP contribution in [0.2, 0.25) is 0 Å². The van der Waals surface area contributed by atoms with Crippen LogP contribution in [0.5, 0.6) is 5.75 Å². The molecular weight excluding hydrogens is 482 g/mol. The Kier molecular flexibility index (Phi) is 7.21. The molecule has 38 heavy (non-hydrogen) atoms. The van der Waals surface area contributed by atoms with Crippen LogP contribution < -0.4 is 10.3 Å². The Bertz CT molecular complexity index is 1310. The summed E-state index contributed by atoms with van der Waals surface area (Å²) in [6.45, 7) is 8.81. The number of carboxylic acid groups (broad SMARTS) is 1. The lowest BCUT2D eigenvalue weighted by Crippen LogP contribution is -2.54. The number of hydrogen-bond donors (Lipinski definition) is 3. The molecule has 0 aromatic heterocycles. The SMILES string of the molecule is CCN1CC(C2=N/C(=N/Nc3cccc(C4CCCC(C(=O)O)C4)c3O)C(=O)N2c2ccc(C)c(C)c2)C1. The maximum atomic E-state index is 13.5. The maximum absolute atomic E-state index is 13.5. The molecule has 2 aliphatic heterocycles. The Hall–Kier alpha value is -3.72. The third-order valence-electron chi connectivity index (χ3n) is 8.17. The molecule has 3 N–H and O–H groups in total. The van der Waals surface area contributed by atoms with Crippen molar-refractivity contribution < 1.29 is 19.8 Å². The lowest BCUT2D eigenvalue weighted by Gasteiger charge is -2.40. The van der Waals surface area contributed by atoms with E-state index in [1.165, 1.54) is 0 Å². The van der Waals surface area contributed by atoms with Crippen LogP contribution in [-0.2, 0) is 9.59 Å². The predicted molar refractivity (Wildman–Crippen MR) is 148 cm³/mol. The third kappa shape index (κ3) is 4.90. The first-order valence-corrected chi connectivity index (χ1v) is 13.4. The van der Waals surface area contributed by atoms with Crippen LogP contribution in [0.15, 0.2) is 46.5 Å². The molecule has 1 saturated heterocycles. The van der Waals surface area contributed by atoms with E-state index in [4.69, 9.17) is 0 Å². The fourth-order valence-corrected chi connectivity index (χ4v) is 5.65. The van der Waals surface area contributed by atoms with Crippen LogP contribution in [0.25, 0.3) is 0 Å². The number of aryl methyl sites for hydroxylation is 2. The van der Waals surface area contributed by atoms with Gasteiger partial charge in [0.15, 0.2) is 0 Å². The van der Waals surface area contributed by atoms with Crippen molar-refractivity contribution in [3.8, 4) is 5.75 Å². The fourth-order valence-electron chi connectivity index (χ4n) is 5.65. The number of likely N-dealkylation sites (tertiary alicyclic amines) is 1. The molecule has 9 heteroatoms. The zero-order valence-corrected chi connectivity index (χ0v) is 22.1. The third-order valence-corrected chi connectivity index (χ3v) is 8.17. The number of aliphatic imine (C=N–C) groups is 1. The van der Waals surface area contributed by atoms with E-state index in [9.17, 15) is 19.8 Å². The normalized spacial score (nSPS) is 23.4. The minimum absolute atomic E-state index is 0.0335. The second-order valence-electron chi connectivity index (χ2n) is 10.6. The van der Waals surface area contributed by atoms with E-state index in [1.807, 2.05) is 44.2 Å². The number of amidine groups is 2. The first-order valence-electron chi connectivity index (χ1n) is 13.4. The molecule has 1 aliphatic carbocycles. The molecule has 2 atom stereocenters. The van der Waals surface area contributed by atoms with Crippen molar-refractivity contribution >= 4 is 34.9 Å². The summed E-state index contributed by atoms with van der Waals surface area (Å²) in [5.74, 6) is -0.629. The van der Waals surface area contributed by atoms with Gasteiger partial charge in [-0.3, -0.25) is 19.9 Å². The minimum atomic E-state index is -0.787. The average molecular weight is 518 g/mol. The van der Waals surface area contributed by atoms with E-state index in [0.29, 0.717) is 29.9 Å². The minimum Gasteiger partial charge on any atom is -0.505 e. The first-order chi connectivity index (χ1) is 18.3. The molecule has 2 aromatic carbocycles. The number of carbonyl (C=O) groups excluding carboxylic acids is 1. The molecule has 200 valence electrons. The molecule has 0 bridgehead atoms. The van der Waals surface area contributed by atoms with Crippen molar-refractivity contribution in [2.75, 3.05) is 30.0 Å². The van der Waals surface area contributed by atoms with Gasteiger partial charge in [0.05, 0.1) is 17.3 Å². The van der Waals surface area contributed by atoms with Crippen LogP contribution >= 0.6 is 0 Å². The zero-order chi connectivity index (χ0) is 27.0. The summed E-state index contributed by atoms with van der Waals surface area (Å²) in [6, 6.07) is 11.3. The van der Waals surface area contributed by atoms with Crippen LogP contribution in [0.1, 0.15) is 55.2 Å². The molecule has 1 amide bonds. The van der Waals surface area contributed by atoms with E-state index in [0.717, 1.165) is 49.3 Å². The lowest BCUT2D eigenvalue weighted by molar-refractivity contribution is -0.143. The quantitative estimate of drug-likeness (QED) is 0.368. The Morgan fingerprint density at radius 1 is 1.13 bits per heavy atom.